The highest BCUT2D eigenvalue weighted by Crippen LogP contribution is 2.05. The van der Waals surface area contributed by atoms with Crippen LogP contribution in [0.5, 0.6) is 0 Å². The van der Waals surface area contributed by atoms with Crippen LogP contribution in [-0.4, -0.2) is 36.5 Å². The molecule has 0 aromatic rings. The van der Waals surface area contributed by atoms with Crippen LogP contribution < -0.4 is 5.32 Å². The minimum absolute atomic E-state index is 0.0752. The first kappa shape index (κ1) is 13.9. The predicted octanol–water partition coefficient (Wildman–Crippen LogP) is 1.41. The second-order valence-corrected chi connectivity index (χ2v) is 4.95. The molecule has 0 bridgehead atoms. The minimum Gasteiger partial charge on any atom is -0.395 e. The molecular weight excluding hydrogens is 178 g/mol. The van der Waals surface area contributed by atoms with E-state index in [0.717, 1.165) is 6.54 Å². The minimum atomic E-state index is -0.0752. The lowest BCUT2D eigenvalue weighted by atomic mass is 10.1. The van der Waals surface area contributed by atoms with Crippen molar-refractivity contribution >= 4 is 0 Å². The highest BCUT2D eigenvalue weighted by atomic mass is 16.5. The molecule has 0 radical (unpaired) electrons. The summed E-state index contributed by atoms with van der Waals surface area (Å²) in [4.78, 5) is 0. The molecule has 0 aromatic carbocycles. The van der Waals surface area contributed by atoms with Gasteiger partial charge in [-0.15, -0.1) is 0 Å². The van der Waals surface area contributed by atoms with Crippen LogP contribution in [0.4, 0.5) is 0 Å². The SMILES string of the molecule is CC(C)[C@@H](CO)NCCOC(C)(C)C. The van der Waals surface area contributed by atoms with Gasteiger partial charge >= 0.3 is 0 Å². The summed E-state index contributed by atoms with van der Waals surface area (Å²) in [5.74, 6) is 0.453. The summed E-state index contributed by atoms with van der Waals surface area (Å²) in [6, 6.07) is 0.179. The molecule has 0 rings (SSSR count). The van der Waals surface area contributed by atoms with E-state index in [-0.39, 0.29) is 18.2 Å². The Morgan fingerprint density at radius 1 is 1.29 bits per heavy atom. The Morgan fingerprint density at radius 2 is 1.86 bits per heavy atom. The Balaban J connectivity index is 3.52. The van der Waals surface area contributed by atoms with E-state index in [4.69, 9.17) is 9.84 Å². The van der Waals surface area contributed by atoms with Crippen molar-refractivity contribution in [3.63, 3.8) is 0 Å². The molecule has 0 unspecified atom stereocenters. The molecule has 86 valence electrons. The van der Waals surface area contributed by atoms with E-state index in [1.807, 2.05) is 20.8 Å². The molecule has 0 saturated heterocycles. The fourth-order valence-corrected chi connectivity index (χ4v) is 1.11. The van der Waals surface area contributed by atoms with E-state index in [9.17, 15) is 0 Å². The maximum atomic E-state index is 9.05. The van der Waals surface area contributed by atoms with Crippen molar-refractivity contribution < 1.29 is 9.84 Å². The van der Waals surface area contributed by atoms with E-state index < -0.39 is 0 Å². The lowest BCUT2D eigenvalue weighted by molar-refractivity contribution is -0.00272. The van der Waals surface area contributed by atoms with Crippen LogP contribution in [0.3, 0.4) is 0 Å². The van der Waals surface area contributed by atoms with E-state index in [1.54, 1.807) is 0 Å². The smallest absolute Gasteiger partial charge is 0.0599 e. The lowest BCUT2D eigenvalue weighted by Gasteiger charge is -2.23. The topological polar surface area (TPSA) is 41.5 Å². The molecule has 0 heterocycles. The summed E-state index contributed by atoms with van der Waals surface area (Å²) >= 11 is 0. The van der Waals surface area contributed by atoms with Gasteiger partial charge in [0.25, 0.3) is 0 Å². The summed E-state index contributed by atoms with van der Waals surface area (Å²) in [6.07, 6.45) is 0. The number of aliphatic hydroxyl groups excluding tert-OH is 1. The fraction of sp³-hybridized carbons (Fsp3) is 1.00. The molecule has 3 heteroatoms. The van der Waals surface area contributed by atoms with Crippen LogP contribution in [-0.2, 0) is 4.74 Å². The summed E-state index contributed by atoms with van der Waals surface area (Å²) in [5, 5.41) is 12.3. The van der Waals surface area contributed by atoms with E-state index in [0.29, 0.717) is 12.5 Å². The van der Waals surface area contributed by atoms with Crippen LogP contribution in [0.1, 0.15) is 34.6 Å². The number of hydrogen-bond donors (Lipinski definition) is 2. The zero-order valence-corrected chi connectivity index (χ0v) is 10.1. The molecule has 3 nitrogen and oxygen atoms in total. The maximum absolute atomic E-state index is 9.05. The zero-order chi connectivity index (χ0) is 11.2. The van der Waals surface area contributed by atoms with Gasteiger partial charge in [0, 0.05) is 12.6 Å². The van der Waals surface area contributed by atoms with Gasteiger partial charge in [-0.3, -0.25) is 0 Å². The van der Waals surface area contributed by atoms with Crippen molar-refractivity contribution in [3.05, 3.63) is 0 Å². The average Bonchev–Trinajstić information content (AvgIpc) is 2.01. The monoisotopic (exact) mass is 203 g/mol. The van der Waals surface area contributed by atoms with Crippen molar-refractivity contribution in [3.8, 4) is 0 Å². The molecule has 0 aliphatic rings. The summed E-state index contributed by atoms with van der Waals surface area (Å²) in [5.41, 5.74) is -0.0752. The number of aliphatic hydroxyl groups is 1. The first-order chi connectivity index (χ1) is 6.37. The summed E-state index contributed by atoms with van der Waals surface area (Å²) in [6.45, 7) is 12.0. The molecule has 0 spiro atoms. The summed E-state index contributed by atoms with van der Waals surface area (Å²) < 4.78 is 5.56. The van der Waals surface area contributed by atoms with Crippen LogP contribution in [0.15, 0.2) is 0 Å². The molecule has 0 aliphatic carbocycles. The van der Waals surface area contributed by atoms with Gasteiger partial charge in [0.2, 0.25) is 0 Å². The molecule has 2 N–H and O–H groups in total. The Labute approximate surface area is 87.8 Å². The molecule has 1 atom stereocenters. The second kappa shape index (κ2) is 6.38. The molecule has 0 amide bonds. The third-order valence-electron chi connectivity index (χ3n) is 2.05. The molecular formula is C11H25NO2. The maximum Gasteiger partial charge on any atom is 0.0599 e. The fourth-order valence-electron chi connectivity index (χ4n) is 1.11. The highest BCUT2D eigenvalue weighted by molar-refractivity contribution is 4.69. The number of ether oxygens (including phenoxy) is 1. The highest BCUT2D eigenvalue weighted by Gasteiger charge is 2.12. The Kier molecular flexibility index (Phi) is 6.33. The third-order valence-corrected chi connectivity index (χ3v) is 2.05. The van der Waals surface area contributed by atoms with Crippen molar-refractivity contribution in [2.45, 2.75) is 46.3 Å². The molecule has 0 aromatic heterocycles. The van der Waals surface area contributed by atoms with Gasteiger partial charge in [-0.25, -0.2) is 0 Å². The molecule has 0 aliphatic heterocycles. The van der Waals surface area contributed by atoms with E-state index in [2.05, 4.69) is 19.2 Å². The lowest BCUT2D eigenvalue weighted by Crippen LogP contribution is -2.39. The zero-order valence-electron chi connectivity index (χ0n) is 10.1. The molecule has 0 saturated carbocycles. The number of rotatable bonds is 6. The number of hydrogen-bond acceptors (Lipinski definition) is 3. The summed E-state index contributed by atoms with van der Waals surface area (Å²) in [7, 11) is 0. The van der Waals surface area contributed by atoms with Crippen LogP contribution >= 0.6 is 0 Å². The Hall–Kier alpha value is -0.120. The normalized spacial score (nSPS) is 14.8. The van der Waals surface area contributed by atoms with Gasteiger partial charge in [-0.05, 0) is 26.7 Å². The van der Waals surface area contributed by atoms with Gasteiger partial charge in [-0.2, -0.15) is 0 Å². The number of nitrogens with one attached hydrogen (secondary N) is 1. The van der Waals surface area contributed by atoms with E-state index in [1.165, 1.54) is 0 Å². The largest absolute Gasteiger partial charge is 0.395 e. The Bertz CT molecular complexity index is 141. The molecule has 14 heavy (non-hydrogen) atoms. The van der Waals surface area contributed by atoms with E-state index >= 15 is 0 Å². The molecule has 0 fully saturated rings. The van der Waals surface area contributed by atoms with Gasteiger partial charge in [0.15, 0.2) is 0 Å². The Morgan fingerprint density at radius 3 is 2.21 bits per heavy atom. The van der Waals surface area contributed by atoms with Gasteiger partial charge in [0.05, 0.1) is 18.8 Å². The van der Waals surface area contributed by atoms with Gasteiger partial charge < -0.3 is 15.2 Å². The van der Waals surface area contributed by atoms with Crippen LogP contribution in [0.2, 0.25) is 0 Å². The van der Waals surface area contributed by atoms with Gasteiger partial charge in [0.1, 0.15) is 0 Å². The van der Waals surface area contributed by atoms with Crippen molar-refractivity contribution in [2.24, 2.45) is 5.92 Å². The first-order valence-corrected chi connectivity index (χ1v) is 5.35. The first-order valence-electron chi connectivity index (χ1n) is 5.35. The van der Waals surface area contributed by atoms with Crippen LogP contribution in [0, 0.1) is 5.92 Å². The van der Waals surface area contributed by atoms with Crippen molar-refractivity contribution in [1.82, 2.24) is 5.32 Å². The predicted molar refractivity (Wildman–Crippen MR) is 59.4 cm³/mol. The van der Waals surface area contributed by atoms with Gasteiger partial charge in [-0.1, -0.05) is 13.8 Å². The van der Waals surface area contributed by atoms with Crippen molar-refractivity contribution in [1.29, 1.82) is 0 Å². The van der Waals surface area contributed by atoms with Crippen LogP contribution in [0.25, 0.3) is 0 Å². The third kappa shape index (κ3) is 7.30. The standard InChI is InChI=1S/C11H25NO2/c1-9(2)10(8-13)12-6-7-14-11(3,4)5/h9-10,12-13H,6-8H2,1-5H3/t10-/m1/s1. The second-order valence-electron chi connectivity index (χ2n) is 4.95. The quantitative estimate of drug-likeness (QED) is 0.641. The average molecular weight is 203 g/mol. The van der Waals surface area contributed by atoms with Crippen molar-refractivity contribution in [2.75, 3.05) is 19.8 Å².